The first-order chi connectivity index (χ1) is 9.04. The number of ether oxygens (including phenoxy) is 1. The maximum Gasteiger partial charge on any atom is 0.374 e. The molecule has 6 nitrogen and oxygen atoms in total. The van der Waals surface area contributed by atoms with Crippen LogP contribution < -0.4 is 5.32 Å². The summed E-state index contributed by atoms with van der Waals surface area (Å²) in [6.07, 6.45) is 1.56. The van der Waals surface area contributed by atoms with Crippen LogP contribution in [0.1, 0.15) is 10.6 Å². The molecular formula is C10H6Br2N2O4S. The average Bonchev–Trinajstić information content (AvgIpc) is 2.95. The number of furan rings is 1. The number of nitrogens with zero attached hydrogens (tertiary/aromatic N) is 1. The van der Waals surface area contributed by atoms with Crippen molar-refractivity contribution < 1.29 is 18.7 Å². The van der Waals surface area contributed by atoms with Crippen molar-refractivity contribution in [2.24, 2.45) is 0 Å². The molecule has 0 aromatic carbocycles. The van der Waals surface area contributed by atoms with Gasteiger partial charge in [-0.05, 0) is 44.0 Å². The van der Waals surface area contributed by atoms with Crippen molar-refractivity contribution in [1.29, 1.82) is 0 Å². The van der Waals surface area contributed by atoms with E-state index in [9.17, 15) is 9.59 Å². The van der Waals surface area contributed by atoms with Crippen molar-refractivity contribution in [2.75, 3.05) is 11.9 Å². The Bertz CT molecular complexity index is 610. The Balaban J connectivity index is 1.82. The van der Waals surface area contributed by atoms with Crippen molar-refractivity contribution in [1.82, 2.24) is 4.98 Å². The summed E-state index contributed by atoms with van der Waals surface area (Å²) in [4.78, 5) is 26.9. The fourth-order valence-electron chi connectivity index (χ4n) is 1.09. The third-order valence-corrected chi connectivity index (χ3v) is 3.65. The summed E-state index contributed by atoms with van der Waals surface area (Å²) in [6, 6.07) is 3.01. The van der Waals surface area contributed by atoms with Gasteiger partial charge in [-0.15, -0.1) is 0 Å². The third kappa shape index (κ3) is 4.15. The summed E-state index contributed by atoms with van der Waals surface area (Å²) >= 11 is 7.54. The molecule has 0 saturated heterocycles. The number of carbonyl (C=O) groups is 2. The smallest absolute Gasteiger partial charge is 0.374 e. The second kappa shape index (κ2) is 6.31. The first kappa shape index (κ1) is 14.2. The minimum absolute atomic E-state index is 0.0247. The maximum absolute atomic E-state index is 11.5. The molecule has 2 aromatic rings. The Labute approximate surface area is 128 Å². The lowest BCUT2D eigenvalue weighted by atomic mass is 10.4. The van der Waals surface area contributed by atoms with Gasteiger partial charge in [0.05, 0.1) is 9.98 Å². The number of halogens is 2. The van der Waals surface area contributed by atoms with Crippen LogP contribution in [0.25, 0.3) is 0 Å². The Morgan fingerprint density at radius 1 is 1.42 bits per heavy atom. The van der Waals surface area contributed by atoms with Crippen LogP contribution in [-0.4, -0.2) is 23.5 Å². The molecular weight excluding hydrogens is 404 g/mol. The van der Waals surface area contributed by atoms with Gasteiger partial charge in [0.25, 0.3) is 5.91 Å². The minimum Gasteiger partial charge on any atom is -0.450 e. The van der Waals surface area contributed by atoms with Gasteiger partial charge < -0.3 is 9.15 Å². The number of hydrogen-bond donors (Lipinski definition) is 1. The van der Waals surface area contributed by atoms with Gasteiger partial charge >= 0.3 is 5.97 Å². The number of esters is 1. The van der Waals surface area contributed by atoms with Crippen LogP contribution in [-0.2, 0) is 9.53 Å². The lowest BCUT2D eigenvalue weighted by Crippen LogP contribution is -2.20. The first-order valence-corrected chi connectivity index (χ1v) is 7.28. The van der Waals surface area contributed by atoms with E-state index in [4.69, 9.17) is 9.15 Å². The van der Waals surface area contributed by atoms with Crippen LogP contribution in [0.15, 0.2) is 31.2 Å². The van der Waals surface area contributed by atoms with Gasteiger partial charge in [-0.2, -0.15) is 0 Å². The monoisotopic (exact) mass is 408 g/mol. The fourth-order valence-corrected chi connectivity index (χ4v) is 2.52. The minimum atomic E-state index is -0.707. The highest BCUT2D eigenvalue weighted by atomic mass is 79.9. The summed E-state index contributed by atoms with van der Waals surface area (Å²) in [7, 11) is 0. The van der Waals surface area contributed by atoms with Crippen molar-refractivity contribution >= 4 is 60.2 Å². The molecule has 0 saturated carbocycles. The average molecular weight is 410 g/mol. The van der Waals surface area contributed by atoms with Gasteiger partial charge in [0.15, 0.2) is 16.4 Å². The lowest BCUT2D eigenvalue weighted by Gasteiger charge is -2.02. The van der Waals surface area contributed by atoms with Crippen LogP contribution in [0, 0.1) is 0 Å². The van der Waals surface area contributed by atoms with Crippen LogP contribution in [0.5, 0.6) is 0 Å². The largest absolute Gasteiger partial charge is 0.450 e. The molecule has 2 rings (SSSR count). The van der Waals surface area contributed by atoms with E-state index in [-0.39, 0.29) is 5.76 Å². The Morgan fingerprint density at radius 2 is 2.21 bits per heavy atom. The summed E-state index contributed by atoms with van der Waals surface area (Å²) in [5.41, 5.74) is 0. The molecule has 0 bridgehead atoms. The number of amides is 1. The van der Waals surface area contributed by atoms with Crippen molar-refractivity contribution in [2.45, 2.75) is 0 Å². The molecule has 0 aliphatic heterocycles. The zero-order valence-electron chi connectivity index (χ0n) is 9.18. The number of aromatic nitrogens is 1. The zero-order chi connectivity index (χ0) is 13.8. The second-order valence-corrected chi connectivity index (χ2v) is 6.39. The zero-order valence-corrected chi connectivity index (χ0v) is 13.2. The molecule has 0 atom stereocenters. The highest BCUT2D eigenvalue weighted by Gasteiger charge is 2.14. The molecule has 2 heterocycles. The summed E-state index contributed by atoms with van der Waals surface area (Å²) in [6.45, 7) is -0.408. The van der Waals surface area contributed by atoms with Gasteiger partial charge in [-0.3, -0.25) is 10.1 Å². The Hall–Kier alpha value is -1.19. The van der Waals surface area contributed by atoms with Crippen LogP contribution in [0.3, 0.4) is 0 Å². The molecule has 0 unspecified atom stereocenters. The Morgan fingerprint density at radius 3 is 2.79 bits per heavy atom. The van der Waals surface area contributed by atoms with Gasteiger partial charge in [0, 0.05) is 0 Å². The van der Waals surface area contributed by atoms with Crippen molar-refractivity contribution in [3.63, 3.8) is 0 Å². The van der Waals surface area contributed by atoms with E-state index in [1.54, 1.807) is 12.3 Å². The van der Waals surface area contributed by atoms with E-state index in [1.165, 1.54) is 17.4 Å². The molecule has 1 N–H and O–H groups in total. The summed E-state index contributed by atoms with van der Waals surface area (Å²) < 4.78 is 11.0. The van der Waals surface area contributed by atoms with Crippen LogP contribution in [0.2, 0.25) is 0 Å². The number of hydrogen-bond acceptors (Lipinski definition) is 6. The van der Waals surface area contributed by atoms with Crippen LogP contribution in [0.4, 0.5) is 5.13 Å². The van der Waals surface area contributed by atoms with E-state index in [0.717, 1.165) is 3.79 Å². The standard InChI is InChI=1S/C10H6Br2N2O4S/c11-6-2-1-5(18-6)9(16)17-4-8(15)14-10-13-3-7(12)19-10/h1-3H,4H2,(H,13,14,15). The van der Waals surface area contributed by atoms with E-state index < -0.39 is 18.5 Å². The van der Waals surface area contributed by atoms with Crippen molar-refractivity contribution in [3.05, 3.63) is 32.5 Å². The maximum atomic E-state index is 11.5. The topological polar surface area (TPSA) is 81.4 Å². The first-order valence-electron chi connectivity index (χ1n) is 4.88. The molecule has 2 aromatic heterocycles. The van der Waals surface area contributed by atoms with E-state index in [1.807, 2.05) is 0 Å². The number of rotatable bonds is 4. The summed E-state index contributed by atoms with van der Waals surface area (Å²) in [5, 5.41) is 2.92. The number of carbonyl (C=O) groups excluding carboxylic acids is 2. The number of thiazole rings is 1. The predicted molar refractivity (Wildman–Crippen MR) is 75.1 cm³/mol. The van der Waals surface area contributed by atoms with Gasteiger partial charge in [-0.1, -0.05) is 11.3 Å². The molecule has 0 radical (unpaired) electrons. The van der Waals surface area contributed by atoms with E-state index in [2.05, 4.69) is 42.2 Å². The SMILES string of the molecule is O=C(COC(=O)c1ccc(Br)o1)Nc1ncc(Br)s1. The number of nitrogens with one attached hydrogen (secondary N) is 1. The molecule has 0 aliphatic carbocycles. The lowest BCUT2D eigenvalue weighted by molar-refractivity contribution is -0.119. The highest BCUT2D eigenvalue weighted by molar-refractivity contribution is 9.11. The predicted octanol–water partition coefficient (Wildman–Crippen LogP) is 3.06. The van der Waals surface area contributed by atoms with Crippen molar-refractivity contribution in [3.8, 4) is 0 Å². The van der Waals surface area contributed by atoms with E-state index >= 15 is 0 Å². The van der Waals surface area contributed by atoms with E-state index in [0.29, 0.717) is 9.80 Å². The molecule has 1 amide bonds. The normalized spacial score (nSPS) is 10.2. The molecule has 9 heteroatoms. The van der Waals surface area contributed by atoms with Crippen LogP contribution >= 0.6 is 43.2 Å². The summed E-state index contributed by atoms with van der Waals surface area (Å²) in [5.74, 6) is -1.15. The van der Waals surface area contributed by atoms with Gasteiger partial charge in [0.2, 0.25) is 5.76 Å². The van der Waals surface area contributed by atoms with Gasteiger partial charge in [-0.25, -0.2) is 9.78 Å². The third-order valence-electron chi connectivity index (χ3n) is 1.83. The number of anilines is 1. The highest BCUT2D eigenvalue weighted by Crippen LogP contribution is 2.22. The quantitative estimate of drug-likeness (QED) is 0.784. The molecule has 0 spiro atoms. The molecule has 100 valence electrons. The Kier molecular flexibility index (Phi) is 4.72. The second-order valence-electron chi connectivity index (χ2n) is 3.20. The van der Waals surface area contributed by atoms with Gasteiger partial charge in [0.1, 0.15) is 0 Å². The molecule has 0 fully saturated rings. The molecule has 0 aliphatic rings. The molecule has 19 heavy (non-hydrogen) atoms. The fraction of sp³-hybridized carbons (Fsp3) is 0.100.